The summed E-state index contributed by atoms with van der Waals surface area (Å²) >= 11 is 1.81. The van der Waals surface area contributed by atoms with Gasteiger partial charge in [-0.05, 0) is 29.8 Å². The van der Waals surface area contributed by atoms with Crippen LogP contribution < -0.4 is 5.73 Å². The number of hydrogen-bond acceptors (Lipinski definition) is 2. The fourth-order valence-electron chi connectivity index (χ4n) is 1.44. The Kier molecular flexibility index (Phi) is 2.19. The highest BCUT2D eigenvalue weighted by atomic mass is 32.2. The largest absolute Gasteiger partial charge is 0.399 e. The summed E-state index contributed by atoms with van der Waals surface area (Å²) in [5.41, 5.74) is 8.88. The Morgan fingerprint density at radius 2 is 2.23 bits per heavy atom. The van der Waals surface area contributed by atoms with Gasteiger partial charge in [0.15, 0.2) is 0 Å². The Balaban J connectivity index is 2.49. The molecule has 0 spiro atoms. The summed E-state index contributed by atoms with van der Waals surface area (Å²) in [6.07, 6.45) is 2.10. The molecule has 1 aromatic heterocycles. The van der Waals surface area contributed by atoms with Crippen molar-refractivity contribution in [1.29, 1.82) is 0 Å². The summed E-state index contributed by atoms with van der Waals surface area (Å²) in [6.45, 7) is 0. The maximum absolute atomic E-state index is 5.68. The predicted molar refractivity (Wildman–Crippen MR) is 59.9 cm³/mol. The molecule has 0 atom stereocenters. The second-order valence-electron chi connectivity index (χ2n) is 3.07. The Hall–Kier alpha value is -1.09. The topological polar surface area (TPSA) is 41.8 Å². The molecule has 1 aromatic carbocycles. The first-order valence-corrected chi connectivity index (χ1v) is 5.55. The average molecular weight is 192 g/mol. The number of benzene rings is 1. The second-order valence-corrected chi connectivity index (χ2v) is 3.94. The van der Waals surface area contributed by atoms with Gasteiger partial charge in [-0.15, -0.1) is 0 Å². The molecule has 0 fully saturated rings. The van der Waals surface area contributed by atoms with Crippen molar-refractivity contribution in [3.05, 3.63) is 30.0 Å². The first-order valence-electron chi connectivity index (χ1n) is 4.15. The number of H-pyrrole nitrogens is 1. The first kappa shape index (κ1) is 8.51. The molecule has 0 aliphatic rings. The Labute approximate surface area is 81.5 Å². The van der Waals surface area contributed by atoms with Crippen LogP contribution in [0.15, 0.2) is 24.3 Å². The number of anilines is 1. The van der Waals surface area contributed by atoms with Crippen molar-refractivity contribution < 1.29 is 0 Å². The normalized spacial score (nSPS) is 10.8. The van der Waals surface area contributed by atoms with E-state index in [0.29, 0.717) is 0 Å². The number of aromatic amines is 1. The number of nitrogen functional groups attached to an aromatic ring is 1. The minimum Gasteiger partial charge on any atom is -0.399 e. The molecule has 0 radical (unpaired) electrons. The standard InChI is InChI=1S/C10H12N2S/c1-13-6-9-4-7-2-3-8(11)5-10(7)12-9/h2-5,12H,6,11H2,1H3. The van der Waals surface area contributed by atoms with Crippen LogP contribution in [0, 0.1) is 0 Å². The Morgan fingerprint density at radius 3 is 3.00 bits per heavy atom. The molecule has 0 bridgehead atoms. The van der Waals surface area contributed by atoms with Crippen molar-refractivity contribution in [2.75, 3.05) is 12.0 Å². The molecular weight excluding hydrogens is 180 g/mol. The average Bonchev–Trinajstić information content (AvgIpc) is 2.46. The molecule has 2 nitrogen and oxygen atoms in total. The van der Waals surface area contributed by atoms with Gasteiger partial charge in [-0.25, -0.2) is 0 Å². The lowest BCUT2D eigenvalue weighted by atomic mass is 10.2. The van der Waals surface area contributed by atoms with Crippen LogP contribution in [0.3, 0.4) is 0 Å². The first-order chi connectivity index (χ1) is 6.29. The van der Waals surface area contributed by atoms with Gasteiger partial charge in [0.2, 0.25) is 0 Å². The van der Waals surface area contributed by atoms with Crippen LogP contribution in [-0.4, -0.2) is 11.2 Å². The zero-order chi connectivity index (χ0) is 9.26. The van der Waals surface area contributed by atoms with Gasteiger partial charge in [0.25, 0.3) is 0 Å². The van der Waals surface area contributed by atoms with E-state index >= 15 is 0 Å². The molecule has 0 aliphatic carbocycles. The number of rotatable bonds is 2. The lowest BCUT2D eigenvalue weighted by Crippen LogP contribution is -1.82. The summed E-state index contributed by atoms with van der Waals surface area (Å²) in [6, 6.07) is 8.12. The number of nitrogens with one attached hydrogen (secondary N) is 1. The monoisotopic (exact) mass is 192 g/mol. The molecule has 1 heterocycles. The van der Waals surface area contributed by atoms with Gasteiger partial charge in [0, 0.05) is 22.7 Å². The fraction of sp³-hybridized carbons (Fsp3) is 0.200. The van der Waals surface area contributed by atoms with E-state index in [9.17, 15) is 0 Å². The van der Waals surface area contributed by atoms with E-state index in [-0.39, 0.29) is 0 Å². The zero-order valence-electron chi connectivity index (χ0n) is 7.50. The number of thioether (sulfide) groups is 1. The maximum Gasteiger partial charge on any atom is 0.0476 e. The van der Waals surface area contributed by atoms with Gasteiger partial charge < -0.3 is 10.7 Å². The summed E-state index contributed by atoms with van der Waals surface area (Å²) in [5, 5.41) is 1.23. The van der Waals surface area contributed by atoms with Gasteiger partial charge >= 0.3 is 0 Å². The van der Waals surface area contributed by atoms with E-state index in [0.717, 1.165) is 17.0 Å². The fourth-order valence-corrected chi connectivity index (χ4v) is 1.90. The third kappa shape index (κ3) is 1.65. The van der Waals surface area contributed by atoms with E-state index in [4.69, 9.17) is 5.73 Å². The minimum atomic E-state index is 0.810. The maximum atomic E-state index is 5.68. The predicted octanol–water partition coefficient (Wildman–Crippen LogP) is 2.61. The molecule has 3 heteroatoms. The molecule has 13 heavy (non-hydrogen) atoms. The summed E-state index contributed by atoms with van der Waals surface area (Å²) in [5.74, 6) is 1.02. The summed E-state index contributed by atoms with van der Waals surface area (Å²) in [4.78, 5) is 3.34. The second kappa shape index (κ2) is 3.34. The molecular formula is C10H12N2S. The van der Waals surface area contributed by atoms with Crippen LogP contribution in [0.25, 0.3) is 10.9 Å². The van der Waals surface area contributed by atoms with Crippen LogP contribution in [0.1, 0.15) is 5.69 Å². The van der Waals surface area contributed by atoms with Crippen LogP contribution in [0.2, 0.25) is 0 Å². The van der Waals surface area contributed by atoms with Crippen LogP contribution >= 0.6 is 11.8 Å². The van der Waals surface area contributed by atoms with Crippen molar-refractivity contribution in [1.82, 2.24) is 4.98 Å². The van der Waals surface area contributed by atoms with Crippen molar-refractivity contribution in [2.45, 2.75) is 5.75 Å². The van der Waals surface area contributed by atoms with E-state index in [1.807, 2.05) is 30.0 Å². The molecule has 3 N–H and O–H groups in total. The van der Waals surface area contributed by atoms with Crippen LogP contribution in [-0.2, 0) is 5.75 Å². The smallest absolute Gasteiger partial charge is 0.0476 e. The van der Waals surface area contributed by atoms with Gasteiger partial charge in [-0.3, -0.25) is 0 Å². The highest BCUT2D eigenvalue weighted by molar-refractivity contribution is 7.97. The van der Waals surface area contributed by atoms with E-state index in [2.05, 4.69) is 17.3 Å². The number of hydrogen-bond donors (Lipinski definition) is 2. The third-order valence-electron chi connectivity index (χ3n) is 2.00. The molecule has 2 aromatic rings. The quantitative estimate of drug-likeness (QED) is 0.718. The van der Waals surface area contributed by atoms with Crippen LogP contribution in [0.5, 0.6) is 0 Å². The van der Waals surface area contributed by atoms with Crippen LogP contribution in [0.4, 0.5) is 5.69 Å². The van der Waals surface area contributed by atoms with E-state index < -0.39 is 0 Å². The lowest BCUT2D eigenvalue weighted by Gasteiger charge is -1.91. The number of aromatic nitrogens is 1. The van der Waals surface area contributed by atoms with Gasteiger partial charge in [0.1, 0.15) is 0 Å². The van der Waals surface area contributed by atoms with Gasteiger partial charge in [0.05, 0.1) is 0 Å². The van der Waals surface area contributed by atoms with E-state index in [1.165, 1.54) is 11.1 Å². The Bertz CT molecular complexity index is 420. The Morgan fingerprint density at radius 1 is 1.38 bits per heavy atom. The minimum absolute atomic E-state index is 0.810. The molecule has 0 unspecified atom stereocenters. The van der Waals surface area contributed by atoms with Crippen molar-refractivity contribution in [2.24, 2.45) is 0 Å². The summed E-state index contributed by atoms with van der Waals surface area (Å²) in [7, 11) is 0. The third-order valence-corrected chi connectivity index (χ3v) is 2.60. The molecule has 0 aliphatic heterocycles. The molecule has 2 rings (SSSR count). The molecule has 68 valence electrons. The zero-order valence-corrected chi connectivity index (χ0v) is 8.32. The lowest BCUT2D eigenvalue weighted by molar-refractivity contribution is 1.27. The number of nitrogens with two attached hydrogens (primary N) is 1. The van der Waals surface area contributed by atoms with Crippen molar-refractivity contribution in [3.8, 4) is 0 Å². The highest BCUT2D eigenvalue weighted by Gasteiger charge is 1.99. The van der Waals surface area contributed by atoms with Gasteiger partial charge in [-0.1, -0.05) is 6.07 Å². The van der Waals surface area contributed by atoms with Crippen molar-refractivity contribution in [3.63, 3.8) is 0 Å². The highest BCUT2D eigenvalue weighted by Crippen LogP contribution is 2.20. The molecule has 0 saturated heterocycles. The SMILES string of the molecule is CSCc1cc2ccc(N)cc2[nH]1. The van der Waals surface area contributed by atoms with Crippen molar-refractivity contribution >= 4 is 28.4 Å². The summed E-state index contributed by atoms with van der Waals surface area (Å²) < 4.78 is 0. The molecule has 0 saturated carbocycles. The van der Waals surface area contributed by atoms with Gasteiger partial charge in [-0.2, -0.15) is 11.8 Å². The molecule has 0 amide bonds. The number of fused-ring (bicyclic) bond motifs is 1. The van der Waals surface area contributed by atoms with E-state index in [1.54, 1.807) is 0 Å².